The van der Waals surface area contributed by atoms with Crippen LogP contribution in [0.25, 0.3) is 22.0 Å². The molecule has 4 rings (SSSR count). The number of hydrogen-bond acceptors (Lipinski definition) is 1. The Labute approximate surface area is 148 Å². The molecule has 0 saturated heterocycles. The van der Waals surface area contributed by atoms with Gasteiger partial charge in [0.25, 0.3) is 0 Å². The fraction of sp³-hybridized carbons (Fsp3) is 0.130. The van der Waals surface area contributed by atoms with E-state index in [4.69, 9.17) is 4.74 Å². The van der Waals surface area contributed by atoms with Crippen LogP contribution < -0.4 is 4.74 Å². The third-order valence-corrected chi connectivity index (χ3v) is 4.73. The minimum atomic E-state index is 0.859. The van der Waals surface area contributed by atoms with Crippen molar-refractivity contribution in [1.82, 2.24) is 4.57 Å². The van der Waals surface area contributed by atoms with E-state index in [1.165, 1.54) is 33.3 Å². The highest BCUT2D eigenvalue weighted by molar-refractivity contribution is 5.87. The van der Waals surface area contributed by atoms with Crippen LogP contribution in [0.1, 0.15) is 11.3 Å². The highest BCUT2D eigenvalue weighted by Gasteiger charge is 2.10. The summed E-state index contributed by atoms with van der Waals surface area (Å²) in [4.78, 5) is 0. The Kier molecular flexibility index (Phi) is 4.02. The van der Waals surface area contributed by atoms with Crippen LogP contribution in [0.5, 0.6) is 5.75 Å². The molecule has 0 aliphatic heterocycles. The zero-order valence-electron chi connectivity index (χ0n) is 14.6. The van der Waals surface area contributed by atoms with E-state index in [1.54, 1.807) is 7.11 Å². The zero-order chi connectivity index (χ0) is 17.2. The van der Waals surface area contributed by atoms with Crippen LogP contribution in [0, 0.1) is 6.92 Å². The Balaban J connectivity index is 1.67. The SMILES string of the molecule is COc1cccc2c1cc(C)n2Cc1ccc(-c2ccccc2)cc1. The second-order valence-electron chi connectivity index (χ2n) is 6.33. The van der Waals surface area contributed by atoms with Crippen LogP contribution in [0.4, 0.5) is 0 Å². The first-order valence-corrected chi connectivity index (χ1v) is 8.53. The lowest BCUT2D eigenvalue weighted by atomic mass is 10.0. The Morgan fingerprint density at radius 1 is 0.800 bits per heavy atom. The molecule has 0 amide bonds. The maximum atomic E-state index is 5.50. The lowest BCUT2D eigenvalue weighted by Gasteiger charge is -2.10. The molecule has 0 aliphatic carbocycles. The number of benzene rings is 3. The Hall–Kier alpha value is -3.00. The van der Waals surface area contributed by atoms with Crippen LogP contribution >= 0.6 is 0 Å². The second kappa shape index (κ2) is 6.48. The fourth-order valence-corrected chi connectivity index (χ4v) is 3.39. The molecule has 0 bridgehead atoms. The molecule has 0 atom stereocenters. The quantitative estimate of drug-likeness (QED) is 0.471. The maximum Gasteiger partial charge on any atom is 0.128 e. The summed E-state index contributed by atoms with van der Waals surface area (Å²) in [6.45, 7) is 3.01. The van der Waals surface area contributed by atoms with Crippen molar-refractivity contribution in [2.45, 2.75) is 13.5 Å². The molecule has 0 saturated carbocycles. The molecule has 0 aliphatic rings. The third kappa shape index (κ3) is 2.91. The normalized spacial score (nSPS) is 11.0. The van der Waals surface area contributed by atoms with Crippen LogP contribution in [0.2, 0.25) is 0 Å². The number of fused-ring (bicyclic) bond motifs is 1. The fourth-order valence-electron chi connectivity index (χ4n) is 3.39. The van der Waals surface area contributed by atoms with E-state index >= 15 is 0 Å². The van der Waals surface area contributed by atoms with Crippen molar-refractivity contribution >= 4 is 10.9 Å². The second-order valence-corrected chi connectivity index (χ2v) is 6.33. The van der Waals surface area contributed by atoms with Gasteiger partial charge in [0.1, 0.15) is 5.75 Å². The van der Waals surface area contributed by atoms with Crippen LogP contribution in [0.15, 0.2) is 78.9 Å². The predicted molar refractivity (Wildman–Crippen MR) is 104 cm³/mol. The standard InChI is InChI=1S/C23H21NO/c1-17-15-21-22(9-6-10-23(21)25-2)24(17)16-18-11-13-20(14-12-18)19-7-4-3-5-8-19/h3-15H,16H2,1-2H3. The van der Waals surface area contributed by atoms with Crippen molar-refractivity contribution < 1.29 is 4.74 Å². The molecule has 1 heterocycles. The number of ether oxygens (including phenoxy) is 1. The van der Waals surface area contributed by atoms with Gasteiger partial charge in [0.05, 0.1) is 12.6 Å². The van der Waals surface area contributed by atoms with Crippen LogP contribution in [0.3, 0.4) is 0 Å². The van der Waals surface area contributed by atoms with Gasteiger partial charge in [-0.15, -0.1) is 0 Å². The number of rotatable bonds is 4. The van der Waals surface area contributed by atoms with Crippen LogP contribution in [-0.4, -0.2) is 11.7 Å². The zero-order valence-corrected chi connectivity index (χ0v) is 14.6. The van der Waals surface area contributed by atoms with Crippen molar-refractivity contribution in [2.75, 3.05) is 7.11 Å². The lowest BCUT2D eigenvalue weighted by Crippen LogP contribution is -2.01. The molecule has 1 aromatic heterocycles. The largest absolute Gasteiger partial charge is 0.496 e. The summed E-state index contributed by atoms with van der Waals surface area (Å²) in [5, 5.41) is 1.17. The van der Waals surface area contributed by atoms with Gasteiger partial charge >= 0.3 is 0 Å². The molecule has 25 heavy (non-hydrogen) atoms. The Bertz CT molecular complexity index is 998. The Morgan fingerprint density at radius 2 is 1.52 bits per heavy atom. The van der Waals surface area contributed by atoms with Crippen molar-refractivity contribution in [3.63, 3.8) is 0 Å². The van der Waals surface area contributed by atoms with Crippen molar-refractivity contribution in [2.24, 2.45) is 0 Å². The summed E-state index contributed by atoms with van der Waals surface area (Å²) < 4.78 is 7.84. The van der Waals surface area contributed by atoms with E-state index in [9.17, 15) is 0 Å². The molecular formula is C23H21NO. The number of hydrogen-bond donors (Lipinski definition) is 0. The number of aryl methyl sites for hydroxylation is 1. The van der Waals surface area contributed by atoms with Gasteiger partial charge in [0.15, 0.2) is 0 Å². The van der Waals surface area contributed by atoms with Gasteiger partial charge in [-0.3, -0.25) is 0 Å². The van der Waals surface area contributed by atoms with Crippen molar-refractivity contribution in [3.8, 4) is 16.9 Å². The molecule has 4 aromatic rings. The number of nitrogens with zero attached hydrogens (tertiary/aromatic N) is 1. The van der Waals surface area contributed by atoms with E-state index in [1.807, 2.05) is 12.1 Å². The molecule has 2 nitrogen and oxygen atoms in total. The average Bonchev–Trinajstić information content (AvgIpc) is 2.98. The third-order valence-electron chi connectivity index (χ3n) is 4.73. The maximum absolute atomic E-state index is 5.50. The van der Waals surface area contributed by atoms with Crippen molar-refractivity contribution in [1.29, 1.82) is 0 Å². The summed E-state index contributed by atoms with van der Waals surface area (Å²) in [5.74, 6) is 0.929. The van der Waals surface area contributed by atoms with Crippen LogP contribution in [-0.2, 0) is 6.54 Å². The molecular weight excluding hydrogens is 306 g/mol. The Morgan fingerprint density at radius 3 is 2.24 bits per heavy atom. The first-order chi connectivity index (χ1) is 12.3. The van der Waals surface area contributed by atoms with E-state index in [-0.39, 0.29) is 0 Å². The lowest BCUT2D eigenvalue weighted by molar-refractivity contribution is 0.420. The summed E-state index contributed by atoms with van der Waals surface area (Å²) in [7, 11) is 1.73. The van der Waals surface area contributed by atoms with Gasteiger partial charge in [-0.05, 0) is 41.8 Å². The smallest absolute Gasteiger partial charge is 0.128 e. The van der Waals surface area contributed by atoms with Crippen molar-refractivity contribution in [3.05, 3.63) is 90.1 Å². The first kappa shape index (κ1) is 15.5. The van der Waals surface area contributed by atoms with Gasteiger partial charge in [-0.25, -0.2) is 0 Å². The van der Waals surface area contributed by atoms with E-state index in [0.29, 0.717) is 0 Å². The highest BCUT2D eigenvalue weighted by Crippen LogP contribution is 2.29. The molecule has 0 radical (unpaired) electrons. The predicted octanol–water partition coefficient (Wildman–Crippen LogP) is 5.67. The first-order valence-electron chi connectivity index (χ1n) is 8.53. The summed E-state index contributed by atoms with van der Waals surface area (Å²) in [6, 6.07) is 27.7. The van der Waals surface area contributed by atoms with Gasteiger partial charge in [-0.2, -0.15) is 0 Å². The average molecular weight is 327 g/mol. The summed E-state index contributed by atoms with van der Waals surface area (Å²) in [6.07, 6.45) is 0. The van der Waals surface area contributed by atoms with E-state index in [2.05, 4.69) is 78.2 Å². The van der Waals surface area contributed by atoms with Gasteiger partial charge in [0, 0.05) is 17.6 Å². The van der Waals surface area contributed by atoms with E-state index in [0.717, 1.165) is 12.3 Å². The minimum Gasteiger partial charge on any atom is -0.496 e. The van der Waals surface area contributed by atoms with Gasteiger partial charge < -0.3 is 9.30 Å². The molecule has 0 unspecified atom stereocenters. The van der Waals surface area contributed by atoms with E-state index < -0.39 is 0 Å². The molecule has 0 fully saturated rings. The number of methoxy groups -OCH3 is 1. The number of aromatic nitrogens is 1. The van der Waals surface area contributed by atoms with Gasteiger partial charge in [0.2, 0.25) is 0 Å². The molecule has 124 valence electrons. The molecule has 2 heteroatoms. The summed E-state index contributed by atoms with van der Waals surface area (Å²) >= 11 is 0. The van der Waals surface area contributed by atoms with Gasteiger partial charge in [-0.1, -0.05) is 60.7 Å². The molecule has 3 aromatic carbocycles. The topological polar surface area (TPSA) is 14.2 Å². The molecule has 0 N–H and O–H groups in total. The highest BCUT2D eigenvalue weighted by atomic mass is 16.5. The summed E-state index contributed by atoms with van der Waals surface area (Å²) in [5.41, 5.74) is 6.25. The minimum absolute atomic E-state index is 0.859. The molecule has 0 spiro atoms. The monoisotopic (exact) mass is 327 g/mol.